The van der Waals surface area contributed by atoms with Gasteiger partial charge in [-0.25, -0.2) is 4.85 Å². The standard InChI is InChI=1S/C15H13BrN4O/c1-10-8-19(9-11-3-5-12(17-2)6-4-11)15(21)13-7-14(16)18-20(10)13/h3-7,10H,8-9H2,1H3/t10-/m0/s1. The van der Waals surface area contributed by atoms with Gasteiger partial charge in [-0.15, -0.1) is 0 Å². The minimum atomic E-state index is -0.0134. The van der Waals surface area contributed by atoms with Crippen LogP contribution < -0.4 is 0 Å². The van der Waals surface area contributed by atoms with Crippen molar-refractivity contribution < 1.29 is 4.79 Å². The number of halogens is 1. The Balaban J connectivity index is 1.84. The summed E-state index contributed by atoms with van der Waals surface area (Å²) in [6.07, 6.45) is 0. The van der Waals surface area contributed by atoms with Gasteiger partial charge in [-0.1, -0.05) is 24.3 Å². The van der Waals surface area contributed by atoms with Crippen molar-refractivity contribution >= 4 is 27.5 Å². The van der Waals surface area contributed by atoms with Gasteiger partial charge in [0.2, 0.25) is 0 Å². The van der Waals surface area contributed by atoms with Gasteiger partial charge >= 0.3 is 0 Å². The molecule has 0 saturated carbocycles. The molecule has 0 bridgehead atoms. The fourth-order valence-corrected chi connectivity index (χ4v) is 2.92. The van der Waals surface area contributed by atoms with E-state index in [-0.39, 0.29) is 11.9 Å². The summed E-state index contributed by atoms with van der Waals surface area (Å²) in [6, 6.07) is 9.25. The Morgan fingerprint density at radius 2 is 2.14 bits per heavy atom. The molecule has 2 aromatic rings. The van der Waals surface area contributed by atoms with Crippen LogP contribution in [-0.4, -0.2) is 27.1 Å². The summed E-state index contributed by atoms with van der Waals surface area (Å²) >= 11 is 3.32. The third-order valence-corrected chi connectivity index (χ3v) is 3.94. The molecule has 1 amide bonds. The van der Waals surface area contributed by atoms with Gasteiger partial charge in [-0.05, 0) is 28.4 Å². The van der Waals surface area contributed by atoms with Gasteiger partial charge in [0.1, 0.15) is 10.3 Å². The Labute approximate surface area is 131 Å². The van der Waals surface area contributed by atoms with Crippen LogP contribution in [0.15, 0.2) is 34.9 Å². The molecule has 0 N–H and O–H groups in total. The van der Waals surface area contributed by atoms with E-state index in [0.29, 0.717) is 29.1 Å². The summed E-state index contributed by atoms with van der Waals surface area (Å²) in [4.78, 5) is 17.7. The van der Waals surface area contributed by atoms with Crippen LogP contribution >= 0.6 is 15.9 Å². The fourth-order valence-electron chi connectivity index (χ4n) is 2.53. The van der Waals surface area contributed by atoms with E-state index in [1.807, 2.05) is 24.0 Å². The highest BCUT2D eigenvalue weighted by Crippen LogP contribution is 2.25. The van der Waals surface area contributed by atoms with Crippen LogP contribution in [0.3, 0.4) is 0 Å². The molecular formula is C15H13BrN4O. The predicted molar refractivity (Wildman–Crippen MR) is 82.1 cm³/mol. The van der Waals surface area contributed by atoms with Crippen LogP contribution in [-0.2, 0) is 6.54 Å². The summed E-state index contributed by atoms with van der Waals surface area (Å²) < 4.78 is 2.45. The molecule has 0 radical (unpaired) electrons. The van der Waals surface area contributed by atoms with Crippen LogP contribution in [0.4, 0.5) is 5.69 Å². The molecule has 6 heteroatoms. The SMILES string of the molecule is [C-]#[N+]c1ccc(CN2C[C@H](C)n3nc(Br)cc3C2=O)cc1. The largest absolute Gasteiger partial charge is 0.331 e. The lowest BCUT2D eigenvalue weighted by atomic mass is 10.1. The Morgan fingerprint density at radius 3 is 2.81 bits per heavy atom. The van der Waals surface area contributed by atoms with Crippen LogP contribution in [0.1, 0.15) is 29.0 Å². The van der Waals surface area contributed by atoms with Gasteiger partial charge in [-0.3, -0.25) is 9.48 Å². The Hall–Kier alpha value is -2.13. The third kappa shape index (κ3) is 2.57. The molecule has 1 aromatic heterocycles. The number of carbonyl (C=O) groups excluding carboxylic acids is 1. The monoisotopic (exact) mass is 344 g/mol. The topological polar surface area (TPSA) is 42.5 Å². The second-order valence-corrected chi connectivity index (χ2v) is 5.92. The molecule has 0 fully saturated rings. The molecule has 1 aliphatic rings. The number of rotatable bonds is 2. The highest BCUT2D eigenvalue weighted by Gasteiger charge is 2.30. The number of nitrogens with zero attached hydrogens (tertiary/aromatic N) is 4. The van der Waals surface area contributed by atoms with E-state index >= 15 is 0 Å². The van der Waals surface area contributed by atoms with Crippen LogP contribution in [0, 0.1) is 6.57 Å². The zero-order chi connectivity index (χ0) is 15.0. The Bertz CT molecular complexity index is 729. The normalized spacial score (nSPS) is 17.5. The van der Waals surface area contributed by atoms with Gasteiger partial charge in [0.05, 0.1) is 12.6 Å². The molecule has 0 unspecified atom stereocenters. The van der Waals surface area contributed by atoms with Crippen molar-refractivity contribution in [3.63, 3.8) is 0 Å². The van der Waals surface area contributed by atoms with E-state index < -0.39 is 0 Å². The Morgan fingerprint density at radius 1 is 1.43 bits per heavy atom. The van der Waals surface area contributed by atoms with E-state index in [1.165, 1.54) is 0 Å². The Kier molecular flexibility index (Phi) is 3.52. The number of fused-ring (bicyclic) bond motifs is 1. The second-order valence-electron chi connectivity index (χ2n) is 5.11. The average molecular weight is 345 g/mol. The first-order valence-electron chi connectivity index (χ1n) is 6.59. The summed E-state index contributed by atoms with van der Waals surface area (Å²) in [7, 11) is 0. The van der Waals surface area contributed by atoms with Gasteiger partial charge in [-0.2, -0.15) is 5.10 Å². The fraction of sp³-hybridized carbons (Fsp3) is 0.267. The molecular weight excluding hydrogens is 332 g/mol. The van der Waals surface area contributed by atoms with Gasteiger partial charge in [0.15, 0.2) is 5.69 Å². The summed E-state index contributed by atoms with van der Waals surface area (Å²) in [6.45, 7) is 10.2. The summed E-state index contributed by atoms with van der Waals surface area (Å²) in [5.74, 6) is -0.0134. The molecule has 0 aliphatic carbocycles. The summed E-state index contributed by atoms with van der Waals surface area (Å²) in [5.41, 5.74) is 2.24. The van der Waals surface area contributed by atoms with Crippen molar-refractivity contribution in [2.24, 2.45) is 0 Å². The highest BCUT2D eigenvalue weighted by atomic mass is 79.9. The van der Waals surface area contributed by atoms with Crippen molar-refractivity contribution in [3.05, 3.63) is 57.6 Å². The quantitative estimate of drug-likeness (QED) is 0.783. The lowest BCUT2D eigenvalue weighted by molar-refractivity contribution is 0.0651. The second kappa shape index (κ2) is 5.34. The highest BCUT2D eigenvalue weighted by molar-refractivity contribution is 9.10. The molecule has 0 spiro atoms. The number of aromatic nitrogens is 2. The smallest absolute Gasteiger partial charge is 0.272 e. The van der Waals surface area contributed by atoms with Gasteiger partial charge < -0.3 is 4.90 Å². The number of carbonyl (C=O) groups is 1. The molecule has 21 heavy (non-hydrogen) atoms. The predicted octanol–water partition coefficient (Wildman–Crippen LogP) is 3.41. The molecule has 0 saturated heterocycles. The molecule has 106 valence electrons. The third-order valence-electron chi connectivity index (χ3n) is 3.55. The van der Waals surface area contributed by atoms with E-state index in [4.69, 9.17) is 6.57 Å². The minimum absolute atomic E-state index is 0.0134. The summed E-state index contributed by atoms with van der Waals surface area (Å²) in [5, 5.41) is 4.30. The lowest BCUT2D eigenvalue weighted by Crippen LogP contribution is -2.41. The first kappa shape index (κ1) is 13.8. The van der Waals surface area contributed by atoms with E-state index in [2.05, 4.69) is 25.9 Å². The van der Waals surface area contributed by atoms with Crippen molar-refractivity contribution in [1.82, 2.24) is 14.7 Å². The van der Waals surface area contributed by atoms with Crippen molar-refractivity contribution in [3.8, 4) is 0 Å². The van der Waals surface area contributed by atoms with Crippen molar-refractivity contribution in [2.75, 3.05) is 6.54 Å². The minimum Gasteiger partial charge on any atom is -0.331 e. The number of benzene rings is 1. The first-order chi connectivity index (χ1) is 10.1. The van der Waals surface area contributed by atoms with Crippen LogP contribution in [0.5, 0.6) is 0 Å². The van der Waals surface area contributed by atoms with E-state index in [1.54, 1.807) is 22.9 Å². The van der Waals surface area contributed by atoms with Gasteiger partial charge in [0.25, 0.3) is 5.91 Å². The first-order valence-corrected chi connectivity index (χ1v) is 7.38. The maximum absolute atomic E-state index is 12.5. The van der Waals surface area contributed by atoms with Crippen molar-refractivity contribution in [1.29, 1.82) is 0 Å². The molecule has 3 rings (SSSR count). The zero-order valence-corrected chi connectivity index (χ0v) is 13.0. The van der Waals surface area contributed by atoms with Crippen LogP contribution in [0.25, 0.3) is 4.85 Å². The number of hydrogen-bond donors (Lipinski definition) is 0. The maximum Gasteiger partial charge on any atom is 0.272 e. The number of hydrogen-bond acceptors (Lipinski definition) is 2. The number of amides is 1. The average Bonchev–Trinajstić information content (AvgIpc) is 2.88. The molecule has 1 atom stereocenters. The molecule has 1 aliphatic heterocycles. The zero-order valence-electron chi connectivity index (χ0n) is 11.5. The van der Waals surface area contributed by atoms with Crippen molar-refractivity contribution in [2.45, 2.75) is 19.5 Å². The van der Waals surface area contributed by atoms with E-state index in [9.17, 15) is 4.79 Å². The molecule has 2 heterocycles. The maximum atomic E-state index is 12.5. The van der Waals surface area contributed by atoms with Crippen LogP contribution in [0.2, 0.25) is 0 Å². The lowest BCUT2D eigenvalue weighted by Gasteiger charge is -2.31. The van der Waals surface area contributed by atoms with Gasteiger partial charge in [0, 0.05) is 19.2 Å². The molecule has 1 aromatic carbocycles. The van der Waals surface area contributed by atoms with E-state index in [0.717, 1.165) is 5.56 Å². The molecule has 5 nitrogen and oxygen atoms in total.